The summed E-state index contributed by atoms with van der Waals surface area (Å²) in [5.74, 6) is -0.819. The first-order valence-electron chi connectivity index (χ1n) is 6.69. The number of rotatable bonds is 6. The van der Waals surface area contributed by atoms with Crippen LogP contribution >= 0.6 is 0 Å². The van der Waals surface area contributed by atoms with Crippen molar-refractivity contribution in [3.63, 3.8) is 0 Å². The summed E-state index contributed by atoms with van der Waals surface area (Å²) in [6, 6.07) is 5.97. The van der Waals surface area contributed by atoms with Crippen LogP contribution < -0.4 is 4.72 Å². The third-order valence-electron chi connectivity index (χ3n) is 3.75. The van der Waals surface area contributed by atoms with Gasteiger partial charge in [-0.25, -0.2) is 17.9 Å². The van der Waals surface area contributed by atoms with E-state index >= 15 is 0 Å². The molecule has 0 heterocycles. The maximum Gasteiger partial charge on any atom is 0.335 e. The summed E-state index contributed by atoms with van der Waals surface area (Å²) in [7, 11) is -3.44. The summed E-state index contributed by atoms with van der Waals surface area (Å²) in [6.07, 6.45) is 3.30. The van der Waals surface area contributed by atoms with E-state index in [9.17, 15) is 13.2 Å². The van der Waals surface area contributed by atoms with Crippen molar-refractivity contribution in [3.8, 4) is 0 Å². The van der Waals surface area contributed by atoms with E-state index in [0.29, 0.717) is 11.5 Å². The number of carboxylic acid groups (broad SMARTS) is 1. The number of nitrogens with one attached hydrogen (secondary N) is 1. The Morgan fingerprint density at radius 3 is 2.70 bits per heavy atom. The summed E-state index contributed by atoms with van der Waals surface area (Å²) in [5, 5.41) is 8.90. The minimum atomic E-state index is -3.44. The molecular weight excluding hydrogens is 278 g/mol. The monoisotopic (exact) mass is 297 g/mol. The summed E-state index contributed by atoms with van der Waals surface area (Å²) in [4.78, 5) is 10.9. The van der Waals surface area contributed by atoms with Gasteiger partial charge in [0.1, 0.15) is 0 Å². The molecule has 2 rings (SSSR count). The lowest BCUT2D eigenvalue weighted by Crippen LogP contribution is -2.41. The normalized spacial score (nSPS) is 17.4. The zero-order valence-corrected chi connectivity index (χ0v) is 12.2. The molecule has 0 saturated heterocycles. The van der Waals surface area contributed by atoms with E-state index in [1.807, 2.05) is 6.92 Å². The second kappa shape index (κ2) is 5.93. The fourth-order valence-corrected chi connectivity index (χ4v) is 3.84. The Hall–Kier alpha value is -1.40. The van der Waals surface area contributed by atoms with E-state index in [1.165, 1.54) is 12.1 Å². The molecule has 1 aliphatic rings. The van der Waals surface area contributed by atoms with Crippen LogP contribution in [0.15, 0.2) is 24.3 Å². The van der Waals surface area contributed by atoms with E-state index in [0.717, 1.165) is 19.3 Å². The minimum Gasteiger partial charge on any atom is -0.478 e. The van der Waals surface area contributed by atoms with Crippen molar-refractivity contribution in [1.82, 2.24) is 4.72 Å². The van der Waals surface area contributed by atoms with Crippen LogP contribution in [0.3, 0.4) is 0 Å². The van der Waals surface area contributed by atoms with E-state index in [4.69, 9.17) is 5.11 Å². The Morgan fingerprint density at radius 2 is 2.15 bits per heavy atom. The number of carbonyl (C=O) groups is 1. The highest BCUT2D eigenvalue weighted by Crippen LogP contribution is 2.29. The molecule has 1 aromatic carbocycles. The molecule has 0 aliphatic heterocycles. The zero-order valence-electron chi connectivity index (χ0n) is 11.4. The fraction of sp³-hybridized carbons (Fsp3) is 0.500. The molecule has 110 valence electrons. The molecule has 0 amide bonds. The first kappa shape index (κ1) is 15.0. The van der Waals surface area contributed by atoms with Crippen molar-refractivity contribution in [2.24, 2.45) is 5.92 Å². The van der Waals surface area contributed by atoms with Gasteiger partial charge in [-0.1, -0.05) is 18.6 Å². The van der Waals surface area contributed by atoms with Crippen molar-refractivity contribution in [2.75, 3.05) is 0 Å². The number of hydrogen-bond donors (Lipinski definition) is 2. The van der Waals surface area contributed by atoms with Crippen LogP contribution in [0, 0.1) is 5.92 Å². The molecule has 5 nitrogen and oxygen atoms in total. The van der Waals surface area contributed by atoms with Crippen molar-refractivity contribution < 1.29 is 18.3 Å². The molecule has 20 heavy (non-hydrogen) atoms. The number of aromatic carboxylic acids is 1. The molecular formula is C14H19NO4S. The summed E-state index contributed by atoms with van der Waals surface area (Å²) < 4.78 is 26.8. The minimum absolute atomic E-state index is 0.0589. The van der Waals surface area contributed by atoms with Gasteiger partial charge in [-0.15, -0.1) is 0 Å². The van der Waals surface area contributed by atoms with Gasteiger partial charge in [0.05, 0.1) is 11.3 Å². The maximum absolute atomic E-state index is 12.1. The van der Waals surface area contributed by atoms with Gasteiger partial charge in [0.25, 0.3) is 0 Å². The molecule has 6 heteroatoms. The summed E-state index contributed by atoms with van der Waals surface area (Å²) in [5.41, 5.74) is 0.586. The topological polar surface area (TPSA) is 83.5 Å². The van der Waals surface area contributed by atoms with Gasteiger partial charge in [0.2, 0.25) is 10.0 Å². The average molecular weight is 297 g/mol. The smallest absolute Gasteiger partial charge is 0.335 e. The average Bonchev–Trinajstić information content (AvgIpc) is 2.24. The van der Waals surface area contributed by atoms with Crippen molar-refractivity contribution >= 4 is 16.0 Å². The number of sulfonamides is 1. The third kappa shape index (κ3) is 3.80. The standard InChI is InChI=1S/C14H19NO4S/c1-10(12-5-3-6-12)15-20(18,19)9-11-4-2-7-13(8-11)14(16)17/h2,4,7-8,10,12,15H,3,5-6,9H2,1H3,(H,16,17). The Balaban J connectivity index is 2.03. The van der Waals surface area contributed by atoms with E-state index in [2.05, 4.69) is 4.72 Å². The Kier molecular flexibility index (Phi) is 4.45. The molecule has 0 radical (unpaired) electrons. The molecule has 1 fully saturated rings. The second-order valence-electron chi connectivity index (χ2n) is 5.36. The van der Waals surface area contributed by atoms with Crippen molar-refractivity contribution in [3.05, 3.63) is 35.4 Å². The van der Waals surface area contributed by atoms with Gasteiger partial charge in [0, 0.05) is 6.04 Å². The molecule has 2 N–H and O–H groups in total. The van der Waals surface area contributed by atoms with Crippen molar-refractivity contribution in [2.45, 2.75) is 38.0 Å². The molecule has 1 atom stereocenters. The van der Waals surface area contributed by atoms with Gasteiger partial charge in [-0.2, -0.15) is 0 Å². The van der Waals surface area contributed by atoms with Crippen LogP contribution in [-0.2, 0) is 15.8 Å². The quantitative estimate of drug-likeness (QED) is 0.841. The van der Waals surface area contributed by atoms with Crippen LogP contribution in [0.25, 0.3) is 0 Å². The third-order valence-corrected chi connectivity index (χ3v) is 5.20. The Morgan fingerprint density at radius 1 is 1.45 bits per heavy atom. The van der Waals surface area contributed by atoms with E-state index < -0.39 is 16.0 Å². The predicted octanol–water partition coefficient (Wildman–Crippen LogP) is 1.99. The van der Waals surface area contributed by atoms with Gasteiger partial charge in [-0.05, 0) is 43.4 Å². The predicted molar refractivity (Wildman–Crippen MR) is 76.0 cm³/mol. The largest absolute Gasteiger partial charge is 0.478 e. The molecule has 1 aromatic rings. The fourth-order valence-electron chi connectivity index (χ4n) is 2.37. The summed E-state index contributed by atoms with van der Waals surface area (Å²) in [6.45, 7) is 1.88. The highest BCUT2D eigenvalue weighted by atomic mass is 32.2. The molecule has 1 unspecified atom stereocenters. The molecule has 0 spiro atoms. The number of hydrogen-bond acceptors (Lipinski definition) is 3. The highest BCUT2D eigenvalue weighted by molar-refractivity contribution is 7.88. The lowest BCUT2D eigenvalue weighted by molar-refractivity contribution is 0.0696. The van der Waals surface area contributed by atoms with Crippen LogP contribution in [-0.4, -0.2) is 25.5 Å². The molecule has 1 aliphatic carbocycles. The van der Waals surface area contributed by atoms with E-state index in [-0.39, 0.29) is 17.4 Å². The molecule has 0 aromatic heterocycles. The van der Waals surface area contributed by atoms with Crippen LogP contribution in [0.4, 0.5) is 0 Å². The molecule has 1 saturated carbocycles. The Bertz CT molecular complexity index is 593. The van der Waals surface area contributed by atoms with Crippen molar-refractivity contribution in [1.29, 1.82) is 0 Å². The van der Waals surface area contributed by atoms with Crippen LogP contribution in [0.2, 0.25) is 0 Å². The summed E-state index contributed by atoms with van der Waals surface area (Å²) >= 11 is 0. The molecule has 0 bridgehead atoms. The first-order valence-corrected chi connectivity index (χ1v) is 8.35. The van der Waals surface area contributed by atoms with Gasteiger partial charge >= 0.3 is 5.97 Å². The highest BCUT2D eigenvalue weighted by Gasteiger charge is 2.27. The second-order valence-corrected chi connectivity index (χ2v) is 7.12. The number of carboxylic acids is 1. The first-order chi connectivity index (χ1) is 9.37. The zero-order chi connectivity index (χ0) is 14.8. The van der Waals surface area contributed by atoms with E-state index in [1.54, 1.807) is 12.1 Å². The van der Waals surface area contributed by atoms with Gasteiger partial charge in [-0.3, -0.25) is 0 Å². The van der Waals surface area contributed by atoms with Crippen LogP contribution in [0.1, 0.15) is 42.1 Å². The SMILES string of the molecule is CC(NS(=O)(=O)Cc1cccc(C(=O)O)c1)C1CCC1. The van der Waals surface area contributed by atoms with Crippen LogP contribution in [0.5, 0.6) is 0 Å². The van der Waals surface area contributed by atoms with Gasteiger partial charge < -0.3 is 5.11 Å². The van der Waals surface area contributed by atoms with Gasteiger partial charge in [0.15, 0.2) is 0 Å². The number of benzene rings is 1. The lowest BCUT2D eigenvalue weighted by Gasteiger charge is -2.31. The Labute approximate surface area is 119 Å². The maximum atomic E-state index is 12.1. The lowest BCUT2D eigenvalue weighted by atomic mass is 9.81.